The van der Waals surface area contributed by atoms with Crippen LogP contribution in [0.3, 0.4) is 0 Å². The van der Waals surface area contributed by atoms with Gasteiger partial charge in [0.05, 0.1) is 0 Å². The van der Waals surface area contributed by atoms with Crippen molar-refractivity contribution < 1.29 is 0 Å². The van der Waals surface area contributed by atoms with Crippen LogP contribution in [0.4, 0.5) is 0 Å². The zero-order valence-corrected chi connectivity index (χ0v) is 12.6. The van der Waals surface area contributed by atoms with E-state index in [1.807, 2.05) is 30.3 Å². The molecule has 0 aliphatic heterocycles. The summed E-state index contributed by atoms with van der Waals surface area (Å²) in [5.74, 6) is 0. The van der Waals surface area contributed by atoms with Gasteiger partial charge in [-0.25, -0.2) is 0 Å². The molecule has 2 aliphatic rings. The summed E-state index contributed by atoms with van der Waals surface area (Å²) in [5.41, 5.74) is 4.66. The van der Waals surface area contributed by atoms with Gasteiger partial charge < -0.3 is 0 Å². The second-order valence-corrected chi connectivity index (χ2v) is 5.47. The molecule has 0 heteroatoms. The summed E-state index contributed by atoms with van der Waals surface area (Å²) in [6.07, 6.45) is 9.76. The lowest BCUT2D eigenvalue weighted by atomic mass is 9.84. The van der Waals surface area contributed by atoms with E-state index in [1.165, 1.54) is 50.5 Å². The molecule has 1 radical (unpaired) electrons. The van der Waals surface area contributed by atoms with Gasteiger partial charge in [0.1, 0.15) is 0 Å². The van der Waals surface area contributed by atoms with E-state index >= 15 is 0 Å². The molecule has 0 saturated heterocycles. The molecule has 0 nitrogen and oxygen atoms in total. The maximum absolute atomic E-state index is 2.89. The Bertz CT molecular complexity index is 458. The molecule has 0 fully saturated rings. The Kier molecular flexibility index (Phi) is 6.37. The van der Waals surface area contributed by atoms with E-state index in [9.17, 15) is 0 Å². The van der Waals surface area contributed by atoms with Crippen LogP contribution < -0.4 is 0 Å². The molecule has 105 valence electrons. The van der Waals surface area contributed by atoms with Gasteiger partial charge in [-0.05, 0) is 35.6 Å². The third-order valence-electron chi connectivity index (χ3n) is 3.82. The third-order valence-corrected chi connectivity index (χ3v) is 3.82. The Morgan fingerprint density at radius 1 is 0.850 bits per heavy atom. The van der Waals surface area contributed by atoms with Crippen molar-refractivity contribution in [3.05, 3.63) is 60.2 Å². The molecule has 0 amide bonds. The zero-order valence-electron chi connectivity index (χ0n) is 12.6. The highest BCUT2D eigenvalue weighted by Gasteiger charge is 2.15. The molecule has 0 heterocycles. The molecule has 0 saturated carbocycles. The normalized spacial score (nSPS) is 10.7. The lowest BCUT2D eigenvalue weighted by Crippen LogP contribution is -2.00. The number of fused-ring (bicyclic) bond motifs is 1. The molecule has 2 aliphatic carbocycles. The Labute approximate surface area is 123 Å². The summed E-state index contributed by atoms with van der Waals surface area (Å²) in [5, 5.41) is 0. The summed E-state index contributed by atoms with van der Waals surface area (Å²) >= 11 is 0. The number of hydrogen-bond donors (Lipinski definition) is 0. The highest BCUT2D eigenvalue weighted by Crippen LogP contribution is 2.37. The molecule has 0 N–H and O–H groups in total. The van der Waals surface area contributed by atoms with E-state index in [2.05, 4.69) is 31.2 Å². The van der Waals surface area contributed by atoms with Crippen LogP contribution >= 0.6 is 0 Å². The summed E-state index contributed by atoms with van der Waals surface area (Å²) in [6.45, 7) is 2.27. The zero-order chi connectivity index (χ0) is 14.0. The predicted molar refractivity (Wildman–Crippen MR) is 87.8 cm³/mol. The minimum absolute atomic E-state index is 1.31. The molecular formula is C20H25. The SMILES string of the molecule is CCCCCCCCc1cc2ccc1-2.[c]1ccccc1. The Balaban J connectivity index is 0.000000205. The van der Waals surface area contributed by atoms with Crippen molar-refractivity contribution in [3.63, 3.8) is 0 Å². The van der Waals surface area contributed by atoms with E-state index < -0.39 is 0 Å². The van der Waals surface area contributed by atoms with Gasteiger partial charge in [-0.2, -0.15) is 0 Å². The number of hydrogen-bond acceptors (Lipinski definition) is 0. The molecule has 0 aromatic heterocycles. The van der Waals surface area contributed by atoms with Gasteiger partial charge in [0.25, 0.3) is 0 Å². The fraction of sp³-hybridized carbons (Fsp3) is 0.400. The monoisotopic (exact) mass is 265 g/mol. The van der Waals surface area contributed by atoms with Gasteiger partial charge in [0, 0.05) is 0 Å². The van der Waals surface area contributed by atoms with Crippen LogP contribution in [0.15, 0.2) is 48.5 Å². The Hall–Kier alpha value is -1.56. The van der Waals surface area contributed by atoms with Crippen LogP contribution in [0.1, 0.15) is 51.0 Å². The van der Waals surface area contributed by atoms with Gasteiger partial charge in [0.15, 0.2) is 0 Å². The van der Waals surface area contributed by atoms with Gasteiger partial charge in [-0.1, -0.05) is 87.6 Å². The summed E-state index contributed by atoms with van der Waals surface area (Å²) in [4.78, 5) is 0. The van der Waals surface area contributed by atoms with Crippen molar-refractivity contribution in [1.82, 2.24) is 0 Å². The van der Waals surface area contributed by atoms with Crippen molar-refractivity contribution in [1.29, 1.82) is 0 Å². The van der Waals surface area contributed by atoms with E-state index in [-0.39, 0.29) is 0 Å². The fourth-order valence-corrected chi connectivity index (χ4v) is 2.51. The lowest BCUT2D eigenvalue weighted by molar-refractivity contribution is 0.607. The second kappa shape index (κ2) is 8.58. The van der Waals surface area contributed by atoms with Crippen LogP contribution in [0, 0.1) is 6.07 Å². The molecule has 20 heavy (non-hydrogen) atoms. The maximum Gasteiger partial charge on any atom is -0.0151 e. The first-order chi connectivity index (χ1) is 9.92. The summed E-state index contributed by atoms with van der Waals surface area (Å²) < 4.78 is 0. The molecular weight excluding hydrogens is 240 g/mol. The van der Waals surface area contributed by atoms with Crippen LogP contribution in [-0.2, 0) is 6.42 Å². The van der Waals surface area contributed by atoms with E-state index in [4.69, 9.17) is 0 Å². The van der Waals surface area contributed by atoms with Crippen molar-refractivity contribution >= 4 is 0 Å². The van der Waals surface area contributed by atoms with Crippen LogP contribution in [0.5, 0.6) is 0 Å². The van der Waals surface area contributed by atoms with Crippen molar-refractivity contribution in [2.24, 2.45) is 0 Å². The molecule has 0 spiro atoms. The van der Waals surface area contributed by atoms with Gasteiger partial charge in [0.2, 0.25) is 0 Å². The average molecular weight is 265 g/mol. The van der Waals surface area contributed by atoms with Gasteiger partial charge in [-0.3, -0.25) is 0 Å². The maximum atomic E-state index is 2.89. The van der Waals surface area contributed by atoms with Gasteiger partial charge in [-0.15, -0.1) is 0 Å². The molecule has 1 aromatic carbocycles. The third kappa shape index (κ3) is 4.52. The van der Waals surface area contributed by atoms with Crippen LogP contribution in [-0.4, -0.2) is 0 Å². The highest BCUT2D eigenvalue weighted by atomic mass is 14.2. The minimum Gasteiger partial charge on any atom is -0.0654 e. The van der Waals surface area contributed by atoms with E-state index in [0.717, 1.165) is 0 Å². The smallest absolute Gasteiger partial charge is 0.0151 e. The Morgan fingerprint density at radius 3 is 2.05 bits per heavy atom. The molecule has 0 bridgehead atoms. The number of rotatable bonds is 7. The fourth-order valence-electron chi connectivity index (χ4n) is 2.51. The topological polar surface area (TPSA) is 0 Å². The van der Waals surface area contributed by atoms with E-state index in [0.29, 0.717) is 0 Å². The Morgan fingerprint density at radius 2 is 1.60 bits per heavy atom. The largest absolute Gasteiger partial charge is 0.0654 e. The molecule has 0 atom stereocenters. The first kappa shape index (κ1) is 14.8. The molecule has 3 rings (SSSR count). The van der Waals surface area contributed by atoms with Crippen LogP contribution in [0.2, 0.25) is 0 Å². The van der Waals surface area contributed by atoms with Crippen molar-refractivity contribution in [2.75, 3.05) is 0 Å². The molecule has 1 aromatic rings. The first-order valence-corrected chi connectivity index (χ1v) is 7.96. The standard InChI is InChI=1S/C14H20.C6H5/c1-2-3-4-5-6-7-8-12-11-13-9-10-14(12)13;1-2-4-6-5-3-1/h9-11H,2-8H2,1H3;1-5H. The second-order valence-electron chi connectivity index (χ2n) is 5.47. The van der Waals surface area contributed by atoms with Crippen LogP contribution in [0.25, 0.3) is 11.1 Å². The molecule has 0 unspecified atom stereocenters. The average Bonchev–Trinajstić information content (AvgIpc) is 2.49. The predicted octanol–water partition coefficient (Wildman–Crippen LogP) is 6.06. The van der Waals surface area contributed by atoms with Gasteiger partial charge >= 0.3 is 0 Å². The minimum atomic E-state index is 1.31. The highest BCUT2D eigenvalue weighted by molar-refractivity contribution is 5.80. The summed E-state index contributed by atoms with van der Waals surface area (Å²) in [6, 6.07) is 19.3. The first-order valence-electron chi connectivity index (χ1n) is 7.96. The van der Waals surface area contributed by atoms with Crippen molar-refractivity contribution in [2.45, 2.75) is 51.9 Å². The van der Waals surface area contributed by atoms with E-state index in [1.54, 1.807) is 11.1 Å². The quantitative estimate of drug-likeness (QED) is 0.456. The lowest BCUT2D eigenvalue weighted by Gasteiger charge is -2.20. The van der Waals surface area contributed by atoms with Crippen molar-refractivity contribution in [3.8, 4) is 11.1 Å². The number of unbranched alkanes of at least 4 members (excludes halogenated alkanes) is 5. The number of aryl methyl sites for hydroxylation is 1. The number of benzene rings is 2. The summed E-state index contributed by atoms with van der Waals surface area (Å²) in [7, 11) is 0.